The SMILES string of the molecule is CNC(=O)c1ccc(S(=O)(=O)NC(C)c2ccc(S(C)(=O)=O)cc2)cc1. The Morgan fingerprint density at radius 3 is 1.85 bits per heavy atom. The summed E-state index contributed by atoms with van der Waals surface area (Å²) in [5.74, 6) is -0.304. The topological polar surface area (TPSA) is 109 Å². The van der Waals surface area contributed by atoms with E-state index < -0.39 is 25.9 Å². The Balaban J connectivity index is 2.19. The van der Waals surface area contributed by atoms with Crippen LogP contribution in [0.4, 0.5) is 0 Å². The summed E-state index contributed by atoms with van der Waals surface area (Å²) in [6.07, 6.45) is 1.11. The van der Waals surface area contributed by atoms with Crippen molar-refractivity contribution >= 4 is 25.8 Å². The highest BCUT2D eigenvalue weighted by Gasteiger charge is 2.19. The molecule has 2 aromatic carbocycles. The fraction of sp³-hybridized carbons (Fsp3) is 0.235. The molecular formula is C17H20N2O5S2. The second-order valence-corrected chi connectivity index (χ2v) is 9.52. The summed E-state index contributed by atoms with van der Waals surface area (Å²) in [5.41, 5.74) is 0.985. The average molecular weight is 396 g/mol. The lowest BCUT2D eigenvalue weighted by Gasteiger charge is -2.15. The van der Waals surface area contributed by atoms with Gasteiger partial charge in [0.05, 0.1) is 9.79 Å². The van der Waals surface area contributed by atoms with Crippen molar-refractivity contribution in [3.63, 3.8) is 0 Å². The predicted molar refractivity (Wildman–Crippen MR) is 98.1 cm³/mol. The number of hydrogen-bond donors (Lipinski definition) is 2. The molecule has 26 heavy (non-hydrogen) atoms. The third-order valence-electron chi connectivity index (χ3n) is 3.79. The Hall–Kier alpha value is -2.23. The van der Waals surface area contributed by atoms with Gasteiger partial charge in [0, 0.05) is 24.9 Å². The first-order chi connectivity index (χ1) is 12.0. The maximum absolute atomic E-state index is 12.5. The molecule has 0 heterocycles. The minimum atomic E-state index is -3.80. The molecule has 2 rings (SSSR count). The number of hydrogen-bond acceptors (Lipinski definition) is 5. The maximum Gasteiger partial charge on any atom is 0.251 e. The largest absolute Gasteiger partial charge is 0.355 e. The number of benzene rings is 2. The zero-order valence-corrected chi connectivity index (χ0v) is 16.2. The minimum absolute atomic E-state index is 0.0322. The summed E-state index contributed by atoms with van der Waals surface area (Å²) < 4.78 is 50.5. The van der Waals surface area contributed by atoms with Gasteiger partial charge in [-0.05, 0) is 48.9 Å². The Morgan fingerprint density at radius 1 is 0.885 bits per heavy atom. The van der Waals surface area contributed by atoms with E-state index in [0.29, 0.717) is 11.1 Å². The highest BCUT2D eigenvalue weighted by molar-refractivity contribution is 7.90. The molecule has 0 aliphatic heterocycles. The molecule has 7 nitrogen and oxygen atoms in total. The van der Waals surface area contributed by atoms with Crippen molar-refractivity contribution in [2.24, 2.45) is 0 Å². The van der Waals surface area contributed by atoms with E-state index in [1.54, 1.807) is 19.1 Å². The number of sulfonamides is 1. The molecule has 0 aromatic heterocycles. The summed E-state index contributed by atoms with van der Waals surface area (Å²) >= 11 is 0. The van der Waals surface area contributed by atoms with Crippen molar-refractivity contribution < 1.29 is 21.6 Å². The molecule has 0 spiro atoms. The van der Waals surface area contributed by atoms with Gasteiger partial charge in [-0.3, -0.25) is 4.79 Å². The lowest BCUT2D eigenvalue weighted by atomic mass is 10.1. The van der Waals surface area contributed by atoms with E-state index in [1.807, 2.05) is 0 Å². The molecule has 140 valence electrons. The monoisotopic (exact) mass is 396 g/mol. The molecule has 0 bridgehead atoms. The van der Waals surface area contributed by atoms with Crippen LogP contribution in [0.1, 0.15) is 28.9 Å². The van der Waals surface area contributed by atoms with Gasteiger partial charge < -0.3 is 5.32 Å². The van der Waals surface area contributed by atoms with Gasteiger partial charge in [0.1, 0.15) is 0 Å². The normalized spacial score (nSPS) is 13.2. The number of rotatable bonds is 6. The molecule has 9 heteroatoms. The minimum Gasteiger partial charge on any atom is -0.355 e. The zero-order valence-electron chi connectivity index (χ0n) is 14.6. The Labute approximate surface area is 153 Å². The van der Waals surface area contributed by atoms with Gasteiger partial charge in [0.2, 0.25) is 10.0 Å². The van der Waals surface area contributed by atoms with E-state index in [-0.39, 0.29) is 15.7 Å². The molecule has 0 radical (unpaired) electrons. The van der Waals surface area contributed by atoms with Crippen LogP contribution in [-0.4, -0.2) is 36.0 Å². The third kappa shape index (κ3) is 4.69. The van der Waals surface area contributed by atoms with Crippen LogP contribution in [0.3, 0.4) is 0 Å². The van der Waals surface area contributed by atoms with Crippen LogP contribution < -0.4 is 10.0 Å². The van der Waals surface area contributed by atoms with E-state index in [9.17, 15) is 21.6 Å². The Bertz CT molecular complexity index is 996. The maximum atomic E-state index is 12.5. The highest BCUT2D eigenvalue weighted by Crippen LogP contribution is 2.19. The standard InChI is InChI=1S/C17H20N2O5S2/c1-12(13-4-8-15(9-5-13)25(3,21)22)19-26(23,24)16-10-6-14(7-11-16)17(20)18-2/h4-12,19H,1-3H3,(H,18,20). The average Bonchev–Trinajstić information content (AvgIpc) is 2.60. The van der Waals surface area contributed by atoms with Gasteiger partial charge in [-0.2, -0.15) is 0 Å². The van der Waals surface area contributed by atoms with Gasteiger partial charge in [-0.25, -0.2) is 21.6 Å². The van der Waals surface area contributed by atoms with Crippen LogP contribution in [-0.2, 0) is 19.9 Å². The molecule has 2 aromatic rings. The summed E-state index contributed by atoms with van der Waals surface area (Å²) in [6, 6.07) is 11.0. The smallest absolute Gasteiger partial charge is 0.251 e. The van der Waals surface area contributed by atoms with E-state index >= 15 is 0 Å². The number of carbonyl (C=O) groups excluding carboxylic acids is 1. The predicted octanol–water partition coefficient (Wildman–Crippen LogP) is 1.49. The molecule has 2 N–H and O–H groups in total. The lowest BCUT2D eigenvalue weighted by Crippen LogP contribution is -2.27. The molecule has 1 amide bonds. The van der Waals surface area contributed by atoms with Crippen molar-refractivity contribution in [1.29, 1.82) is 0 Å². The van der Waals surface area contributed by atoms with Gasteiger partial charge in [-0.15, -0.1) is 0 Å². The van der Waals surface area contributed by atoms with E-state index in [0.717, 1.165) is 6.26 Å². The van der Waals surface area contributed by atoms with Crippen LogP contribution in [0.15, 0.2) is 58.3 Å². The van der Waals surface area contributed by atoms with Gasteiger partial charge in [0.15, 0.2) is 9.84 Å². The summed E-state index contributed by atoms with van der Waals surface area (Å²) in [5, 5.41) is 2.46. The third-order valence-corrected chi connectivity index (χ3v) is 6.48. The van der Waals surface area contributed by atoms with Crippen LogP contribution >= 0.6 is 0 Å². The number of carbonyl (C=O) groups is 1. The molecule has 0 aliphatic carbocycles. The van der Waals surface area contributed by atoms with E-state index in [2.05, 4.69) is 10.0 Å². The van der Waals surface area contributed by atoms with Crippen LogP contribution in [0.2, 0.25) is 0 Å². The quantitative estimate of drug-likeness (QED) is 0.769. The summed E-state index contributed by atoms with van der Waals surface area (Å²) in [7, 11) is -5.61. The lowest BCUT2D eigenvalue weighted by molar-refractivity contribution is 0.0963. The molecule has 1 unspecified atom stereocenters. The molecule has 0 fully saturated rings. The summed E-state index contributed by atoms with van der Waals surface area (Å²) in [4.78, 5) is 11.7. The van der Waals surface area contributed by atoms with Crippen molar-refractivity contribution in [3.05, 3.63) is 59.7 Å². The van der Waals surface area contributed by atoms with Crippen LogP contribution in [0.5, 0.6) is 0 Å². The van der Waals surface area contributed by atoms with Crippen molar-refractivity contribution in [1.82, 2.24) is 10.0 Å². The van der Waals surface area contributed by atoms with E-state index in [4.69, 9.17) is 0 Å². The van der Waals surface area contributed by atoms with Crippen molar-refractivity contribution in [3.8, 4) is 0 Å². The number of nitrogens with one attached hydrogen (secondary N) is 2. The highest BCUT2D eigenvalue weighted by atomic mass is 32.2. The first kappa shape index (κ1) is 20.1. The van der Waals surface area contributed by atoms with Crippen LogP contribution in [0, 0.1) is 0 Å². The van der Waals surface area contributed by atoms with Crippen molar-refractivity contribution in [2.75, 3.05) is 13.3 Å². The number of amides is 1. The molecule has 0 saturated carbocycles. The summed E-state index contributed by atoms with van der Waals surface area (Å²) in [6.45, 7) is 1.66. The first-order valence-corrected chi connectivity index (χ1v) is 11.1. The number of sulfone groups is 1. The molecule has 1 atom stereocenters. The Morgan fingerprint density at radius 2 is 1.38 bits per heavy atom. The molecule has 0 saturated heterocycles. The van der Waals surface area contributed by atoms with Gasteiger partial charge >= 0.3 is 0 Å². The first-order valence-electron chi connectivity index (χ1n) is 7.69. The fourth-order valence-electron chi connectivity index (χ4n) is 2.30. The Kier molecular flexibility index (Phi) is 5.84. The van der Waals surface area contributed by atoms with Crippen molar-refractivity contribution in [2.45, 2.75) is 22.8 Å². The zero-order chi connectivity index (χ0) is 19.5. The molecule has 0 aliphatic rings. The second kappa shape index (κ2) is 7.56. The molecular weight excluding hydrogens is 376 g/mol. The second-order valence-electron chi connectivity index (χ2n) is 5.79. The van der Waals surface area contributed by atoms with Gasteiger partial charge in [-0.1, -0.05) is 12.1 Å². The fourth-order valence-corrected chi connectivity index (χ4v) is 4.16. The van der Waals surface area contributed by atoms with E-state index in [1.165, 1.54) is 43.4 Å². The van der Waals surface area contributed by atoms with Crippen LogP contribution in [0.25, 0.3) is 0 Å². The van der Waals surface area contributed by atoms with Gasteiger partial charge in [0.25, 0.3) is 5.91 Å².